The Labute approximate surface area is 100 Å². The summed E-state index contributed by atoms with van der Waals surface area (Å²) >= 11 is 0. The van der Waals surface area contributed by atoms with Crippen molar-refractivity contribution in [2.24, 2.45) is 0 Å². The van der Waals surface area contributed by atoms with Gasteiger partial charge in [0.25, 0.3) is 0 Å². The summed E-state index contributed by atoms with van der Waals surface area (Å²) in [6, 6.07) is 0.382. The summed E-state index contributed by atoms with van der Waals surface area (Å²) in [7, 11) is 5.90. The highest BCUT2D eigenvalue weighted by Crippen LogP contribution is 1.99. The van der Waals surface area contributed by atoms with E-state index >= 15 is 0 Å². The minimum Gasteiger partial charge on any atom is -0.383 e. The van der Waals surface area contributed by atoms with Gasteiger partial charge >= 0.3 is 0 Å². The van der Waals surface area contributed by atoms with Gasteiger partial charge in [-0.15, -0.1) is 0 Å². The Bertz CT molecular complexity index is 154. The fourth-order valence-electron chi connectivity index (χ4n) is 1.52. The maximum absolute atomic E-state index is 5.69. The van der Waals surface area contributed by atoms with E-state index in [0.717, 1.165) is 32.7 Å². The van der Waals surface area contributed by atoms with Crippen molar-refractivity contribution in [2.75, 3.05) is 47.5 Å². The molecule has 2 atom stereocenters. The fraction of sp³-hybridized carbons (Fsp3) is 1.00. The Balaban J connectivity index is 3.74. The van der Waals surface area contributed by atoms with Gasteiger partial charge in [-0.25, -0.2) is 0 Å². The molecule has 0 bridgehead atoms. The van der Waals surface area contributed by atoms with Crippen LogP contribution < -0.4 is 5.32 Å². The third kappa shape index (κ3) is 9.09. The normalized spacial score (nSPS) is 15.4. The minimum atomic E-state index is 0.298. The van der Waals surface area contributed by atoms with E-state index < -0.39 is 0 Å². The van der Waals surface area contributed by atoms with Crippen molar-refractivity contribution in [3.8, 4) is 0 Å². The number of hydrogen-bond donors (Lipinski definition) is 1. The second kappa shape index (κ2) is 10.0. The van der Waals surface area contributed by atoms with Crippen molar-refractivity contribution < 1.29 is 9.47 Å². The van der Waals surface area contributed by atoms with Crippen molar-refractivity contribution in [2.45, 2.75) is 32.4 Å². The summed E-state index contributed by atoms with van der Waals surface area (Å²) in [6.07, 6.45) is 1.36. The second-order valence-corrected chi connectivity index (χ2v) is 4.43. The molecule has 4 nitrogen and oxygen atoms in total. The molecule has 0 rings (SSSR count). The Morgan fingerprint density at radius 1 is 1.31 bits per heavy atom. The van der Waals surface area contributed by atoms with Gasteiger partial charge in [0, 0.05) is 32.8 Å². The SMILES string of the molecule is CCOC(CCN(C)C)CNC(C)COC. The van der Waals surface area contributed by atoms with Gasteiger partial charge in [0.15, 0.2) is 0 Å². The summed E-state index contributed by atoms with van der Waals surface area (Å²) in [5, 5.41) is 3.42. The van der Waals surface area contributed by atoms with Crippen molar-refractivity contribution in [3.05, 3.63) is 0 Å². The van der Waals surface area contributed by atoms with Gasteiger partial charge in [-0.05, 0) is 34.4 Å². The highest BCUT2D eigenvalue weighted by Gasteiger charge is 2.10. The number of nitrogens with zero attached hydrogens (tertiary/aromatic N) is 1. The van der Waals surface area contributed by atoms with Gasteiger partial charge < -0.3 is 19.7 Å². The van der Waals surface area contributed by atoms with Crippen LogP contribution >= 0.6 is 0 Å². The molecule has 0 saturated heterocycles. The van der Waals surface area contributed by atoms with Crippen LogP contribution in [0.1, 0.15) is 20.3 Å². The van der Waals surface area contributed by atoms with Crippen LogP contribution in [0.25, 0.3) is 0 Å². The zero-order chi connectivity index (χ0) is 12.4. The molecule has 0 aromatic heterocycles. The minimum absolute atomic E-state index is 0.298. The molecule has 0 amide bonds. The summed E-state index contributed by atoms with van der Waals surface area (Å²) in [4.78, 5) is 2.19. The van der Waals surface area contributed by atoms with Gasteiger partial charge in [0.2, 0.25) is 0 Å². The van der Waals surface area contributed by atoms with E-state index in [9.17, 15) is 0 Å². The monoisotopic (exact) mass is 232 g/mol. The molecule has 0 saturated carbocycles. The molecule has 0 radical (unpaired) electrons. The molecular formula is C12H28N2O2. The predicted molar refractivity (Wildman–Crippen MR) is 67.9 cm³/mol. The van der Waals surface area contributed by atoms with Crippen molar-refractivity contribution in [1.29, 1.82) is 0 Å². The Morgan fingerprint density at radius 3 is 2.50 bits per heavy atom. The molecule has 98 valence electrons. The first kappa shape index (κ1) is 15.8. The van der Waals surface area contributed by atoms with Crippen LogP contribution in [0.15, 0.2) is 0 Å². The van der Waals surface area contributed by atoms with E-state index in [2.05, 4.69) is 31.2 Å². The lowest BCUT2D eigenvalue weighted by Gasteiger charge is -2.22. The Kier molecular flexibility index (Phi) is 9.92. The third-order valence-corrected chi connectivity index (χ3v) is 2.41. The van der Waals surface area contributed by atoms with Gasteiger partial charge in [-0.2, -0.15) is 0 Å². The third-order valence-electron chi connectivity index (χ3n) is 2.41. The van der Waals surface area contributed by atoms with E-state index in [0.29, 0.717) is 12.1 Å². The van der Waals surface area contributed by atoms with Crippen LogP contribution in [-0.4, -0.2) is 64.6 Å². The first-order valence-electron chi connectivity index (χ1n) is 6.08. The lowest BCUT2D eigenvalue weighted by molar-refractivity contribution is 0.0475. The summed E-state index contributed by atoms with van der Waals surface area (Å²) in [5.74, 6) is 0. The molecule has 0 aromatic carbocycles. The first-order chi connectivity index (χ1) is 7.60. The fourth-order valence-corrected chi connectivity index (χ4v) is 1.52. The molecule has 1 N–H and O–H groups in total. The molecule has 0 aliphatic carbocycles. The lowest BCUT2D eigenvalue weighted by Crippen LogP contribution is -2.38. The average Bonchev–Trinajstić information content (AvgIpc) is 2.22. The number of methoxy groups -OCH3 is 1. The number of ether oxygens (including phenoxy) is 2. The molecule has 0 aliphatic rings. The Hall–Kier alpha value is -0.160. The molecular weight excluding hydrogens is 204 g/mol. The quantitative estimate of drug-likeness (QED) is 0.608. The number of rotatable bonds is 10. The second-order valence-electron chi connectivity index (χ2n) is 4.43. The van der Waals surface area contributed by atoms with Crippen LogP contribution in [0.2, 0.25) is 0 Å². The number of hydrogen-bond acceptors (Lipinski definition) is 4. The first-order valence-corrected chi connectivity index (χ1v) is 6.08. The average molecular weight is 232 g/mol. The molecule has 4 heteroatoms. The van der Waals surface area contributed by atoms with E-state index in [1.807, 2.05) is 6.92 Å². The summed E-state index contributed by atoms with van der Waals surface area (Å²) in [6.45, 7) is 7.64. The highest BCUT2D eigenvalue weighted by molar-refractivity contribution is 4.67. The Morgan fingerprint density at radius 2 is 2.00 bits per heavy atom. The van der Waals surface area contributed by atoms with Crippen molar-refractivity contribution >= 4 is 0 Å². The van der Waals surface area contributed by atoms with E-state index in [4.69, 9.17) is 9.47 Å². The summed E-state index contributed by atoms with van der Waals surface area (Å²) in [5.41, 5.74) is 0. The molecule has 0 spiro atoms. The van der Waals surface area contributed by atoms with Gasteiger partial charge in [0.1, 0.15) is 0 Å². The topological polar surface area (TPSA) is 33.7 Å². The zero-order valence-corrected chi connectivity index (χ0v) is 11.5. The van der Waals surface area contributed by atoms with Gasteiger partial charge in [-0.1, -0.05) is 0 Å². The van der Waals surface area contributed by atoms with Gasteiger partial charge in [-0.3, -0.25) is 0 Å². The van der Waals surface area contributed by atoms with Crippen LogP contribution in [0.4, 0.5) is 0 Å². The zero-order valence-electron chi connectivity index (χ0n) is 11.5. The van der Waals surface area contributed by atoms with E-state index in [1.165, 1.54) is 0 Å². The molecule has 2 unspecified atom stereocenters. The molecule has 0 heterocycles. The number of nitrogens with one attached hydrogen (secondary N) is 1. The highest BCUT2D eigenvalue weighted by atomic mass is 16.5. The maximum atomic E-state index is 5.69. The lowest BCUT2D eigenvalue weighted by atomic mass is 10.2. The van der Waals surface area contributed by atoms with E-state index in [-0.39, 0.29) is 0 Å². The van der Waals surface area contributed by atoms with Crippen LogP contribution in [0.3, 0.4) is 0 Å². The molecule has 0 aliphatic heterocycles. The molecule has 16 heavy (non-hydrogen) atoms. The van der Waals surface area contributed by atoms with Crippen LogP contribution in [-0.2, 0) is 9.47 Å². The predicted octanol–water partition coefficient (Wildman–Crippen LogP) is 0.968. The van der Waals surface area contributed by atoms with Crippen LogP contribution in [0.5, 0.6) is 0 Å². The van der Waals surface area contributed by atoms with E-state index in [1.54, 1.807) is 7.11 Å². The molecule has 0 fully saturated rings. The van der Waals surface area contributed by atoms with Crippen LogP contribution in [0, 0.1) is 0 Å². The van der Waals surface area contributed by atoms with Gasteiger partial charge in [0.05, 0.1) is 12.7 Å². The largest absolute Gasteiger partial charge is 0.383 e. The standard InChI is InChI=1S/C12H28N2O2/c1-6-16-12(7-8-14(3)4)9-13-11(2)10-15-5/h11-13H,6-10H2,1-5H3. The maximum Gasteiger partial charge on any atom is 0.0711 e. The molecule has 0 aromatic rings. The summed E-state index contributed by atoms with van der Waals surface area (Å²) < 4.78 is 10.8. The smallest absolute Gasteiger partial charge is 0.0711 e. The van der Waals surface area contributed by atoms with Crippen molar-refractivity contribution in [3.63, 3.8) is 0 Å². The van der Waals surface area contributed by atoms with Crippen molar-refractivity contribution in [1.82, 2.24) is 10.2 Å².